The van der Waals surface area contributed by atoms with Gasteiger partial charge in [0.25, 0.3) is 5.91 Å². The SMILES string of the molecule is CNNc1ccc(Cc2cc(F)cc(F)c2)cc1CNC(=O)c1ccc(N2CCN(C)CC2)cc1NC1CCOCC1. The molecule has 8 nitrogen and oxygen atoms in total. The number of hydrogen-bond acceptors (Lipinski definition) is 7. The molecular formula is C32H40F2N6O2. The lowest BCUT2D eigenvalue weighted by molar-refractivity contribution is 0.0903. The number of benzene rings is 3. The summed E-state index contributed by atoms with van der Waals surface area (Å²) >= 11 is 0. The molecule has 1 amide bonds. The molecule has 2 fully saturated rings. The maximum Gasteiger partial charge on any atom is 0.253 e. The van der Waals surface area contributed by atoms with Crippen LogP contribution >= 0.6 is 0 Å². The molecule has 0 bridgehead atoms. The predicted octanol–water partition coefficient (Wildman–Crippen LogP) is 4.37. The molecule has 0 unspecified atom stereocenters. The highest BCUT2D eigenvalue weighted by atomic mass is 19.1. The normalized spacial score (nSPS) is 16.3. The van der Waals surface area contributed by atoms with E-state index in [2.05, 4.69) is 44.4 Å². The first-order valence-electron chi connectivity index (χ1n) is 14.6. The zero-order valence-electron chi connectivity index (χ0n) is 24.3. The summed E-state index contributed by atoms with van der Waals surface area (Å²) in [7, 11) is 3.90. The number of hydrogen-bond donors (Lipinski definition) is 4. The van der Waals surface area contributed by atoms with E-state index < -0.39 is 11.6 Å². The second-order valence-corrected chi connectivity index (χ2v) is 11.1. The Balaban J connectivity index is 1.34. The fourth-order valence-corrected chi connectivity index (χ4v) is 5.55. The van der Waals surface area contributed by atoms with Crippen molar-refractivity contribution in [3.8, 4) is 0 Å². The maximum absolute atomic E-state index is 13.8. The van der Waals surface area contributed by atoms with Crippen molar-refractivity contribution in [1.82, 2.24) is 15.6 Å². The molecule has 0 radical (unpaired) electrons. The molecule has 2 aliphatic heterocycles. The van der Waals surface area contributed by atoms with Crippen molar-refractivity contribution < 1.29 is 18.3 Å². The van der Waals surface area contributed by atoms with Gasteiger partial charge in [0, 0.05) is 76.5 Å². The number of amides is 1. The molecule has 10 heteroatoms. The monoisotopic (exact) mass is 578 g/mol. The van der Waals surface area contributed by atoms with Crippen LogP contribution in [0.2, 0.25) is 0 Å². The fourth-order valence-electron chi connectivity index (χ4n) is 5.55. The molecule has 0 aliphatic carbocycles. The van der Waals surface area contributed by atoms with E-state index in [1.165, 1.54) is 12.1 Å². The number of nitrogens with one attached hydrogen (secondary N) is 4. The second kappa shape index (κ2) is 14.0. The molecule has 2 aliphatic rings. The van der Waals surface area contributed by atoms with Crippen molar-refractivity contribution in [1.29, 1.82) is 0 Å². The van der Waals surface area contributed by atoms with Gasteiger partial charge in [-0.05, 0) is 79.4 Å². The van der Waals surface area contributed by atoms with Crippen LogP contribution in [-0.4, -0.2) is 70.3 Å². The predicted molar refractivity (Wildman–Crippen MR) is 163 cm³/mol. The zero-order chi connectivity index (χ0) is 29.5. The Labute approximate surface area is 246 Å². The summed E-state index contributed by atoms with van der Waals surface area (Å²) in [5.74, 6) is -1.38. The average Bonchev–Trinajstić information content (AvgIpc) is 2.97. The molecule has 42 heavy (non-hydrogen) atoms. The van der Waals surface area contributed by atoms with Gasteiger partial charge in [-0.1, -0.05) is 12.1 Å². The minimum atomic E-state index is -0.602. The third kappa shape index (κ3) is 7.76. The number of ether oxygens (including phenoxy) is 1. The summed E-state index contributed by atoms with van der Waals surface area (Å²) in [5, 5.41) is 6.73. The molecule has 0 atom stereocenters. The number of anilines is 3. The Morgan fingerprint density at radius 2 is 1.64 bits per heavy atom. The van der Waals surface area contributed by atoms with E-state index in [0.717, 1.165) is 73.3 Å². The summed E-state index contributed by atoms with van der Waals surface area (Å²) in [6.45, 7) is 5.57. The Kier molecular flexibility index (Phi) is 9.89. The van der Waals surface area contributed by atoms with E-state index in [0.29, 0.717) is 30.8 Å². The molecule has 2 saturated heterocycles. The molecular weight excluding hydrogens is 538 g/mol. The molecule has 0 aromatic heterocycles. The minimum Gasteiger partial charge on any atom is -0.381 e. The van der Waals surface area contributed by atoms with Gasteiger partial charge in [-0.2, -0.15) is 0 Å². The largest absolute Gasteiger partial charge is 0.381 e. The highest BCUT2D eigenvalue weighted by Crippen LogP contribution is 2.28. The minimum absolute atomic E-state index is 0.178. The lowest BCUT2D eigenvalue weighted by Crippen LogP contribution is -2.44. The van der Waals surface area contributed by atoms with E-state index in [1.54, 1.807) is 7.05 Å². The van der Waals surface area contributed by atoms with Crippen molar-refractivity contribution in [2.75, 3.05) is 69.1 Å². The fraction of sp³-hybridized carbons (Fsp3) is 0.406. The van der Waals surface area contributed by atoms with Crippen molar-refractivity contribution in [2.45, 2.75) is 31.8 Å². The summed E-state index contributed by atoms with van der Waals surface area (Å²) in [6.07, 6.45) is 2.14. The first-order valence-corrected chi connectivity index (χ1v) is 14.6. The highest BCUT2D eigenvalue weighted by molar-refractivity contribution is 6.00. The molecule has 0 saturated carbocycles. The number of rotatable bonds is 10. The molecule has 5 rings (SSSR count). The molecule has 3 aromatic rings. The number of nitrogens with zero attached hydrogens (tertiary/aromatic N) is 2. The van der Waals surface area contributed by atoms with E-state index in [-0.39, 0.29) is 18.5 Å². The average molecular weight is 579 g/mol. The van der Waals surface area contributed by atoms with Gasteiger partial charge in [-0.15, -0.1) is 0 Å². The summed E-state index contributed by atoms with van der Waals surface area (Å²) in [5.41, 5.74) is 11.6. The third-order valence-electron chi connectivity index (χ3n) is 7.90. The van der Waals surface area contributed by atoms with Gasteiger partial charge in [-0.25, -0.2) is 14.2 Å². The van der Waals surface area contributed by atoms with Crippen LogP contribution in [0, 0.1) is 11.6 Å². The summed E-state index contributed by atoms with van der Waals surface area (Å²) in [4.78, 5) is 18.3. The topological polar surface area (TPSA) is 80.9 Å². The van der Waals surface area contributed by atoms with Crippen LogP contribution in [0.15, 0.2) is 54.6 Å². The number of hydrazine groups is 1. The van der Waals surface area contributed by atoms with Crippen molar-refractivity contribution >= 4 is 23.0 Å². The summed E-state index contributed by atoms with van der Waals surface area (Å²) in [6, 6.07) is 15.6. The van der Waals surface area contributed by atoms with Gasteiger partial charge in [-0.3, -0.25) is 4.79 Å². The lowest BCUT2D eigenvalue weighted by atomic mass is 10.0. The van der Waals surface area contributed by atoms with Gasteiger partial charge in [0.2, 0.25) is 0 Å². The van der Waals surface area contributed by atoms with Crippen LogP contribution < -0.4 is 26.4 Å². The van der Waals surface area contributed by atoms with E-state index in [1.807, 2.05) is 30.3 Å². The van der Waals surface area contributed by atoms with Gasteiger partial charge in [0.05, 0.1) is 11.3 Å². The van der Waals surface area contributed by atoms with Gasteiger partial charge < -0.3 is 30.6 Å². The van der Waals surface area contributed by atoms with Crippen LogP contribution in [0.5, 0.6) is 0 Å². The molecule has 2 heterocycles. The third-order valence-corrected chi connectivity index (χ3v) is 7.90. The lowest BCUT2D eigenvalue weighted by Gasteiger charge is -2.34. The second-order valence-electron chi connectivity index (χ2n) is 11.1. The standard InChI is InChI=1S/C32H40F2N6O2/c1-35-38-30-6-3-22(15-23-17-25(33)19-26(34)18-23)16-24(30)21-36-32(41)29-5-4-28(40-11-9-39(2)10-12-40)20-31(29)37-27-7-13-42-14-8-27/h3-6,16-20,27,35,37-38H,7-15,21H2,1-2H3,(H,36,41). The Hall–Kier alpha value is -3.73. The van der Waals surface area contributed by atoms with Crippen LogP contribution in [0.1, 0.15) is 39.9 Å². The Bertz CT molecular complexity index is 1350. The first kappa shape index (κ1) is 29.8. The van der Waals surface area contributed by atoms with Gasteiger partial charge in [0.15, 0.2) is 0 Å². The molecule has 4 N–H and O–H groups in total. The molecule has 0 spiro atoms. The number of carbonyl (C=O) groups is 1. The molecule has 224 valence electrons. The van der Waals surface area contributed by atoms with E-state index in [9.17, 15) is 13.6 Å². The van der Waals surface area contributed by atoms with Crippen molar-refractivity contribution in [3.63, 3.8) is 0 Å². The van der Waals surface area contributed by atoms with Crippen LogP contribution in [-0.2, 0) is 17.7 Å². The quantitative estimate of drug-likeness (QED) is 0.266. The zero-order valence-corrected chi connectivity index (χ0v) is 24.3. The van der Waals surface area contributed by atoms with Crippen LogP contribution in [0.25, 0.3) is 0 Å². The van der Waals surface area contributed by atoms with Gasteiger partial charge >= 0.3 is 0 Å². The summed E-state index contributed by atoms with van der Waals surface area (Å²) < 4.78 is 33.0. The number of halogens is 2. The smallest absolute Gasteiger partial charge is 0.253 e. The number of carbonyl (C=O) groups excluding carboxylic acids is 1. The van der Waals surface area contributed by atoms with E-state index >= 15 is 0 Å². The first-order chi connectivity index (χ1) is 20.4. The highest BCUT2D eigenvalue weighted by Gasteiger charge is 2.21. The Morgan fingerprint density at radius 3 is 2.36 bits per heavy atom. The van der Waals surface area contributed by atoms with E-state index in [4.69, 9.17) is 4.74 Å². The number of likely N-dealkylation sites (N-methyl/N-ethyl adjacent to an activating group) is 1. The molecule has 3 aromatic carbocycles. The van der Waals surface area contributed by atoms with Gasteiger partial charge in [0.1, 0.15) is 11.6 Å². The number of piperazine rings is 1. The van der Waals surface area contributed by atoms with Crippen LogP contribution in [0.4, 0.5) is 25.8 Å². The van der Waals surface area contributed by atoms with Crippen LogP contribution in [0.3, 0.4) is 0 Å². The van der Waals surface area contributed by atoms with Crippen molar-refractivity contribution in [2.24, 2.45) is 0 Å². The Morgan fingerprint density at radius 1 is 0.905 bits per heavy atom. The van der Waals surface area contributed by atoms with Crippen molar-refractivity contribution in [3.05, 3.63) is 88.5 Å². The maximum atomic E-state index is 13.8.